The third kappa shape index (κ3) is 4.90. The van der Waals surface area contributed by atoms with Crippen LogP contribution >= 0.6 is 0 Å². The number of rotatable bonds is 3. The van der Waals surface area contributed by atoms with Gasteiger partial charge in [-0.25, -0.2) is 0 Å². The molecule has 2 aliphatic rings. The number of hydrogen-bond acceptors (Lipinski definition) is 4. The fourth-order valence-corrected chi connectivity index (χ4v) is 3.86. The van der Waals surface area contributed by atoms with Crippen LogP contribution in [0.25, 0.3) is 6.08 Å². The molecule has 1 saturated carbocycles. The van der Waals surface area contributed by atoms with Crippen molar-refractivity contribution in [3.05, 3.63) is 34.9 Å². The molecule has 0 N–H and O–H groups in total. The zero-order valence-electron chi connectivity index (χ0n) is 15.6. The molecule has 0 spiro atoms. The molecule has 1 saturated heterocycles. The molecule has 0 aromatic heterocycles. The first-order chi connectivity index (χ1) is 12.1. The Morgan fingerprint density at radius 3 is 2.42 bits per heavy atom. The van der Waals surface area contributed by atoms with E-state index in [1.54, 1.807) is 7.11 Å². The van der Waals surface area contributed by atoms with Crippen molar-refractivity contribution in [3.8, 4) is 5.75 Å². The summed E-state index contributed by atoms with van der Waals surface area (Å²) in [5.41, 5.74) is 3.82. The average molecular weight is 365 g/mol. The van der Waals surface area contributed by atoms with Crippen molar-refractivity contribution < 1.29 is 49.0 Å². The van der Waals surface area contributed by atoms with Crippen molar-refractivity contribution in [2.24, 2.45) is 0 Å². The van der Waals surface area contributed by atoms with Crippen molar-refractivity contribution in [1.82, 2.24) is 4.90 Å². The number of carbonyl (C=O) groups excluding carboxylic acids is 2. The van der Waals surface area contributed by atoms with Crippen LogP contribution in [0.5, 0.6) is 5.75 Å². The number of carbonyl (C=O) groups is 2. The predicted octanol–water partition coefficient (Wildman–Crippen LogP) is -0.887. The Morgan fingerprint density at radius 1 is 1.19 bits per heavy atom. The maximum Gasteiger partial charge on any atom is 1.00 e. The second kappa shape index (κ2) is 9.58. The molecule has 1 aliphatic heterocycles. The number of carboxylic acid groups (broad SMARTS) is 1. The Hall–Kier alpha value is -1.30. The SMILES string of the molecule is COc1ccc(C2CCN(C(=O)C(=O)[O-])CC2)cc1C=C1CCCC1.[Na+]. The number of carboxylic acids is 1. The molecule has 2 fully saturated rings. The quantitative estimate of drug-likeness (QED) is 0.515. The monoisotopic (exact) mass is 365 g/mol. The molecule has 3 rings (SSSR count). The summed E-state index contributed by atoms with van der Waals surface area (Å²) < 4.78 is 5.50. The molecule has 6 heteroatoms. The molecule has 0 unspecified atom stereocenters. The third-order valence-electron chi connectivity index (χ3n) is 5.29. The van der Waals surface area contributed by atoms with E-state index in [4.69, 9.17) is 4.74 Å². The summed E-state index contributed by atoms with van der Waals surface area (Å²) in [5, 5.41) is 10.7. The van der Waals surface area contributed by atoms with Crippen LogP contribution in [-0.2, 0) is 9.59 Å². The van der Waals surface area contributed by atoms with Crippen LogP contribution in [-0.4, -0.2) is 37.0 Å². The van der Waals surface area contributed by atoms with Gasteiger partial charge in [-0.2, -0.15) is 0 Å². The summed E-state index contributed by atoms with van der Waals surface area (Å²) in [5.74, 6) is -1.31. The number of nitrogens with zero attached hydrogens (tertiary/aromatic N) is 1. The van der Waals surface area contributed by atoms with Gasteiger partial charge in [0.15, 0.2) is 0 Å². The predicted molar refractivity (Wildman–Crippen MR) is 93.0 cm³/mol. The van der Waals surface area contributed by atoms with Gasteiger partial charge in [-0.05, 0) is 62.1 Å². The first kappa shape index (κ1) is 21.0. The van der Waals surface area contributed by atoms with Gasteiger partial charge in [0.05, 0.1) is 7.11 Å². The largest absolute Gasteiger partial charge is 1.00 e. The van der Waals surface area contributed by atoms with Gasteiger partial charge >= 0.3 is 29.6 Å². The normalized spacial score (nSPS) is 17.6. The van der Waals surface area contributed by atoms with Crippen LogP contribution in [0.1, 0.15) is 55.6 Å². The Morgan fingerprint density at radius 2 is 1.85 bits per heavy atom. The van der Waals surface area contributed by atoms with E-state index in [1.807, 2.05) is 6.07 Å². The van der Waals surface area contributed by atoms with Crippen LogP contribution in [0.15, 0.2) is 23.8 Å². The zero-order valence-corrected chi connectivity index (χ0v) is 17.6. The fraction of sp³-hybridized carbons (Fsp3) is 0.500. The zero-order chi connectivity index (χ0) is 17.8. The van der Waals surface area contributed by atoms with Crippen LogP contribution in [0, 0.1) is 0 Å². The molecule has 134 valence electrons. The number of hydrogen-bond donors (Lipinski definition) is 0. The third-order valence-corrected chi connectivity index (χ3v) is 5.29. The smallest absolute Gasteiger partial charge is 0.540 e. The van der Waals surface area contributed by atoms with E-state index in [9.17, 15) is 14.7 Å². The van der Waals surface area contributed by atoms with Gasteiger partial charge in [0.25, 0.3) is 5.91 Å². The molecule has 1 aromatic rings. The van der Waals surface area contributed by atoms with Crippen molar-refractivity contribution in [2.75, 3.05) is 20.2 Å². The molecule has 1 amide bonds. The molecule has 0 radical (unpaired) electrons. The second-order valence-electron chi connectivity index (χ2n) is 6.87. The minimum Gasteiger partial charge on any atom is -0.540 e. The number of amides is 1. The van der Waals surface area contributed by atoms with Gasteiger partial charge in [0.2, 0.25) is 0 Å². The van der Waals surface area contributed by atoms with Crippen molar-refractivity contribution >= 4 is 18.0 Å². The molecule has 0 bridgehead atoms. The maximum absolute atomic E-state index is 11.5. The molecule has 26 heavy (non-hydrogen) atoms. The van der Waals surface area contributed by atoms with E-state index >= 15 is 0 Å². The fourth-order valence-electron chi connectivity index (χ4n) is 3.86. The van der Waals surface area contributed by atoms with E-state index in [2.05, 4.69) is 18.2 Å². The Labute approximate surface area is 176 Å². The molecular weight excluding hydrogens is 341 g/mol. The minimum atomic E-state index is -1.62. The summed E-state index contributed by atoms with van der Waals surface area (Å²) in [6, 6.07) is 6.27. The molecule has 0 atom stereocenters. The van der Waals surface area contributed by atoms with Gasteiger partial charge in [-0.15, -0.1) is 0 Å². The Balaban J connectivity index is 0.00000243. The topological polar surface area (TPSA) is 69.7 Å². The number of aliphatic carboxylic acids is 1. The number of benzene rings is 1. The average Bonchev–Trinajstić information content (AvgIpc) is 3.14. The summed E-state index contributed by atoms with van der Waals surface area (Å²) >= 11 is 0. The number of ether oxygens (including phenoxy) is 1. The van der Waals surface area contributed by atoms with Gasteiger partial charge in [0.1, 0.15) is 11.7 Å². The van der Waals surface area contributed by atoms with Gasteiger partial charge in [-0.3, -0.25) is 4.79 Å². The molecule has 1 aromatic carbocycles. The molecule has 1 heterocycles. The van der Waals surface area contributed by atoms with E-state index in [0.29, 0.717) is 19.0 Å². The number of allylic oxidation sites excluding steroid dienone is 1. The van der Waals surface area contributed by atoms with Gasteiger partial charge in [-0.1, -0.05) is 17.7 Å². The molecule has 5 nitrogen and oxygen atoms in total. The van der Waals surface area contributed by atoms with E-state index in [1.165, 1.54) is 28.9 Å². The standard InChI is InChI=1S/C20H25NO4.Na/c1-25-18-7-6-16(13-17(18)12-14-4-2-3-5-14)15-8-10-21(11-9-15)19(22)20(23)24;/h6-7,12-13,15H,2-5,8-11H2,1H3,(H,23,24);/q;+1/p-1. The van der Waals surface area contributed by atoms with E-state index in [-0.39, 0.29) is 29.6 Å². The van der Waals surface area contributed by atoms with Crippen LogP contribution < -0.4 is 39.4 Å². The molecule has 1 aliphatic carbocycles. The first-order valence-corrected chi connectivity index (χ1v) is 8.96. The summed E-state index contributed by atoms with van der Waals surface area (Å²) in [7, 11) is 1.69. The van der Waals surface area contributed by atoms with Gasteiger partial charge in [0, 0.05) is 18.7 Å². The summed E-state index contributed by atoms with van der Waals surface area (Å²) in [6.07, 6.45) is 8.64. The Bertz CT molecular complexity index is 685. The van der Waals surface area contributed by atoms with Gasteiger partial charge < -0.3 is 19.5 Å². The minimum absolute atomic E-state index is 0. The number of likely N-dealkylation sites (tertiary alicyclic amines) is 1. The van der Waals surface area contributed by atoms with Crippen LogP contribution in [0.3, 0.4) is 0 Å². The van der Waals surface area contributed by atoms with Crippen molar-refractivity contribution in [1.29, 1.82) is 0 Å². The maximum atomic E-state index is 11.5. The summed E-state index contributed by atoms with van der Waals surface area (Å²) in [6.45, 7) is 0.917. The number of piperidine rings is 1. The number of methoxy groups -OCH3 is 1. The second-order valence-corrected chi connectivity index (χ2v) is 6.87. The Kier molecular flexibility index (Phi) is 7.74. The van der Waals surface area contributed by atoms with E-state index < -0.39 is 11.9 Å². The molecular formula is C20H24NNaO4. The van der Waals surface area contributed by atoms with Crippen LogP contribution in [0.2, 0.25) is 0 Å². The van der Waals surface area contributed by atoms with Crippen LogP contribution in [0.4, 0.5) is 0 Å². The van der Waals surface area contributed by atoms with E-state index in [0.717, 1.165) is 37.0 Å². The van der Waals surface area contributed by atoms with Crippen molar-refractivity contribution in [2.45, 2.75) is 44.4 Å². The van der Waals surface area contributed by atoms with Crippen molar-refractivity contribution in [3.63, 3.8) is 0 Å². The summed E-state index contributed by atoms with van der Waals surface area (Å²) in [4.78, 5) is 23.6. The first-order valence-electron chi connectivity index (χ1n) is 8.96.